The number of fused-ring (bicyclic) bond motifs is 7. The Bertz CT molecular complexity index is 3390. The fourth-order valence-electron chi connectivity index (χ4n) is 9.73. The molecule has 0 saturated heterocycles. The van der Waals surface area contributed by atoms with Gasteiger partial charge in [-0.05, 0) is 85.6 Å². The van der Waals surface area contributed by atoms with Crippen LogP contribution >= 0.6 is 0 Å². The van der Waals surface area contributed by atoms with Gasteiger partial charge in [-0.3, -0.25) is 0 Å². The maximum Gasteiger partial charge on any atom is 0.161 e. The Morgan fingerprint density at radius 1 is 0.333 bits per heavy atom. The zero-order valence-corrected chi connectivity index (χ0v) is 32.6. The SMILES string of the molecule is c1ccc(C2(c3ccccc3)c3ccccc3-c3ccc(-c4cc(-c5ccccc5-c5ccc6oc7ccccc7c6c5)nc(-c5cccc6ccccc56)n4)cc32)cc1. The van der Waals surface area contributed by atoms with Gasteiger partial charge < -0.3 is 4.42 Å². The smallest absolute Gasteiger partial charge is 0.161 e. The first-order chi connectivity index (χ1) is 29.7. The van der Waals surface area contributed by atoms with E-state index in [9.17, 15) is 0 Å². The van der Waals surface area contributed by atoms with Crippen molar-refractivity contribution in [3.63, 3.8) is 0 Å². The largest absolute Gasteiger partial charge is 0.456 e. The molecule has 280 valence electrons. The Hall–Kier alpha value is -7.88. The molecule has 11 aromatic rings. The standard InChI is InChI=1S/C57H36N2O/c1-3-18-40(19-4-1)57(41-20-5-2-6-21-41)50-28-13-11-24-44(50)45-32-30-39(35-51(45)57)52-36-53(59-56(58-52)48-27-15-17-37-16-7-8-22-42(37)48)46-25-10-9-23-43(46)38-31-33-55-49(34-38)47-26-12-14-29-54(47)60-55/h1-36H. The molecule has 0 saturated carbocycles. The lowest BCUT2D eigenvalue weighted by Crippen LogP contribution is -2.28. The molecule has 0 bridgehead atoms. The highest BCUT2D eigenvalue weighted by Gasteiger charge is 2.46. The van der Waals surface area contributed by atoms with E-state index in [1.54, 1.807) is 0 Å². The van der Waals surface area contributed by atoms with Crippen molar-refractivity contribution in [1.29, 1.82) is 0 Å². The predicted molar refractivity (Wildman–Crippen MR) is 246 cm³/mol. The van der Waals surface area contributed by atoms with Crippen molar-refractivity contribution >= 4 is 32.7 Å². The molecular formula is C57H36N2O. The van der Waals surface area contributed by atoms with Crippen LogP contribution in [-0.4, -0.2) is 9.97 Å². The first-order valence-electron chi connectivity index (χ1n) is 20.5. The van der Waals surface area contributed by atoms with Crippen molar-refractivity contribution in [3.05, 3.63) is 241 Å². The molecule has 0 unspecified atom stereocenters. The van der Waals surface area contributed by atoms with Crippen LogP contribution in [0.3, 0.4) is 0 Å². The first-order valence-corrected chi connectivity index (χ1v) is 20.5. The van der Waals surface area contributed by atoms with Crippen LogP contribution in [0.4, 0.5) is 0 Å². The summed E-state index contributed by atoms with van der Waals surface area (Å²) in [4.78, 5) is 10.9. The van der Waals surface area contributed by atoms with Gasteiger partial charge in [-0.2, -0.15) is 0 Å². The fourth-order valence-corrected chi connectivity index (χ4v) is 9.73. The highest BCUT2D eigenvalue weighted by atomic mass is 16.3. The van der Waals surface area contributed by atoms with E-state index in [0.29, 0.717) is 5.82 Å². The van der Waals surface area contributed by atoms with Gasteiger partial charge in [0, 0.05) is 27.5 Å². The minimum atomic E-state index is -0.527. The second-order valence-electron chi connectivity index (χ2n) is 15.6. The lowest BCUT2D eigenvalue weighted by Gasteiger charge is -2.34. The molecule has 3 nitrogen and oxygen atoms in total. The van der Waals surface area contributed by atoms with E-state index < -0.39 is 5.41 Å². The Morgan fingerprint density at radius 2 is 0.917 bits per heavy atom. The van der Waals surface area contributed by atoms with E-state index in [1.807, 2.05) is 12.1 Å². The van der Waals surface area contributed by atoms with Crippen LogP contribution in [0, 0.1) is 0 Å². The minimum Gasteiger partial charge on any atom is -0.456 e. The van der Waals surface area contributed by atoms with Crippen molar-refractivity contribution in [1.82, 2.24) is 9.97 Å². The maximum atomic E-state index is 6.23. The van der Waals surface area contributed by atoms with Crippen LogP contribution in [-0.2, 0) is 5.41 Å². The summed E-state index contributed by atoms with van der Waals surface area (Å²) in [6.45, 7) is 0. The number of benzene rings is 9. The quantitative estimate of drug-likeness (QED) is 0.169. The first kappa shape index (κ1) is 34.2. The van der Waals surface area contributed by atoms with Gasteiger partial charge in [0.25, 0.3) is 0 Å². The summed E-state index contributed by atoms with van der Waals surface area (Å²) in [5.74, 6) is 0.687. The third kappa shape index (κ3) is 5.23. The third-order valence-corrected chi connectivity index (χ3v) is 12.4. The molecule has 1 aliphatic carbocycles. The lowest BCUT2D eigenvalue weighted by molar-refractivity contribution is 0.669. The van der Waals surface area contributed by atoms with Gasteiger partial charge in [-0.1, -0.05) is 188 Å². The van der Waals surface area contributed by atoms with Gasteiger partial charge in [-0.15, -0.1) is 0 Å². The number of aromatic nitrogens is 2. The molecule has 9 aromatic carbocycles. The Kier molecular flexibility index (Phi) is 7.76. The highest BCUT2D eigenvalue weighted by molar-refractivity contribution is 6.07. The normalized spacial score (nSPS) is 12.8. The number of hydrogen-bond acceptors (Lipinski definition) is 3. The van der Waals surface area contributed by atoms with Crippen LogP contribution in [0.25, 0.3) is 88.9 Å². The molecule has 3 heteroatoms. The Morgan fingerprint density at radius 3 is 1.73 bits per heavy atom. The summed E-state index contributed by atoms with van der Waals surface area (Å²) in [5.41, 5.74) is 15.7. The summed E-state index contributed by atoms with van der Waals surface area (Å²) < 4.78 is 6.23. The van der Waals surface area contributed by atoms with E-state index in [-0.39, 0.29) is 0 Å². The van der Waals surface area contributed by atoms with E-state index in [1.165, 1.54) is 33.4 Å². The molecule has 2 heterocycles. The summed E-state index contributed by atoms with van der Waals surface area (Å²) in [5, 5.41) is 4.47. The van der Waals surface area contributed by atoms with E-state index in [4.69, 9.17) is 14.4 Å². The van der Waals surface area contributed by atoms with E-state index in [0.717, 1.165) is 71.9 Å². The number of nitrogens with zero attached hydrogens (tertiary/aromatic N) is 2. The van der Waals surface area contributed by atoms with Crippen molar-refractivity contribution in [2.24, 2.45) is 0 Å². The molecule has 2 aromatic heterocycles. The van der Waals surface area contributed by atoms with Crippen LogP contribution in [0.15, 0.2) is 223 Å². The van der Waals surface area contributed by atoms with Crippen LogP contribution in [0.1, 0.15) is 22.3 Å². The molecule has 0 amide bonds. The maximum absolute atomic E-state index is 6.23. The van der Waals surface area contributed by atoms with Gasteiger partial charge in [-0.25, -0.2) is 9.97 Å². The predicted octanol–water partition coefficient (Wildman–Crippen LogP) is 14.6. The van der Waals surface area contributed by atoms with E-state index >= 15 is 0 Å². The van der Waals surface area contributed by atoms with Crippen molar-refractivity contribution in [2.45, 2.75) is 5.41 Å². The average Bonchev–Trinajstić information content (AvgIpc) is 3.85. The molecular weight excluding hydrogens is 729 g/mol. The highest BCUT2D eigenvalue weighted by Crippen LogP contribution is 2.56. The van der Waals surface area contributed by atoms with Crippen LogP contribution in [0.2, 0.25) is 0 Å². The van der Waals surface area contributed by atoms with E-state index in [2.05, 4.69) is 206 Å². The molecule has 12 rings (SSSR count). The number of rotatable bonds is 6. The lowest BCUT2D eigenvalue weighted by atomic mass is 9.67. The zero-order valence-electron chi connectivity index (χ0n) is 32.6. The van der Waals surface area contributed by atoms with Crippen LogP contribution < -0.4 is 0 Å². The Balaban J connectivity index is 1.11. The van der Waals surface area contributed by atoms with Crippen molar-refractivity contribution in [3.8, 4) is 56.2 Å². The molecule has 0 aliphatic heterocycles. The monoisotopic (exact) mass is 764 g/mol. The fraction of sp³-hybridized carbons (Fsp3) is 0.0175. The summed E-state index contributed by atoms with van der Waals surface area (Å²) in [6.07, 6.45) is 0. The zero-order chi connectivity index (χ0) is 39.6. The molecule has 60 heavy (non-hydrogen) atoms. The Labute approximate surface area is 347 Å². The van der Waals surface area contributed by atoms with Gasteiger partial charge >= 0.3 is 0 Å². The summed E-state index contributed by atoms with van der Waals surface area (Å²) in [7, 11) is 0. The topological polar surface area (TPSA) is 38.9 Å². The number of hydrogen-bond donors (Lipinski definition) is 0. The van der Waals surface area contributed by atoms with Crippen molar-refractivity contribution in [2.75, 3.05) is 0 Å². The average molecular weight is 765 g/mol. The van der Waals surface area contributed by atoms with Gasteiger partial charge in [0.15, 0.2) is 5.82 Å². The second kappa shape index (κ2) is 13.6. The minimum absolute atomic E-state index is 0.527. The van der Waals surface area contributed by atoms with Gasteiger partial charge in [0.05, 0.1) is 16.8 Å². The number of furan rings is 1. The van der Waals surface area contributed by atoms with Gasteiger partial charge in [0.2, 0.25) is 0 Å². The molecule has 0 spiro atoms. The summed E-state index contributed by atoms with van der Waals surface area (Å²) >= 11 is 0. The molecule has 0 fully saturated rings. The molecule has 0 radical (unpaired) electrons. The van der Waals surface area contributed by atoms with Crippen molar-refractivity contribution < 1.29 is 4.42 Å². The number of para-hydroxylation sites is 1. The third-order valence-electron chi connectivity index (χ3n) is 12.4. The van der Waals surface area contributed by atoms with Crippen LogP contribution in [0.5, 0.6) is 0 Å². The summed E-state index contributed by atoms with van der Waals surface area (Å²) in [6, 6.07) is 78.1. The molecule has 0 atom stereocenters. The van der Waals surface area contributed by atoms with Gasteiger partial charge in [0.1, 0.15) is 11.2 Å². The molecule has 0 N–H and O–H groups in total. The molecule has 1 aliphatic rings. The second-order valence-corrected chi connectivity index (χ2v) is 15.6.